The largest absolute Gasteiger partial charge is 0.465 e. The van der Waals surface area contributed by atoms with Gasteiger partial charge in [0.05, 0.1) is 30.1 Å². The number of carbonyl (C=O) groups excluding carboxylic acids is 1. The van der Waals surface area contributed by atoms with Crippen molar-refractivity contribution in [3.8, 4) is 0 Å². The van der Waals surface area contributed by atoms with Gasteiger partial charge in [0.25, 0.3) is 0 Å². The number of hydrogen-bond acceptors (Lipinski definition) is 6. The van der Waals surface area contributed by atoms with Crippen LogP contribution in [0.2, 0.25) is 0 Å². The van der Waals surface area contributed by atoms with E-state index in [4.69, 9.17) is 5.73 Å². The van der Waals surface area contributed by atoms with Gasteiger partial charge >= 0.3 is 5.97 Å². The summed E-state index contributed by atoms with van der Waals surface area (Å²) in [5.41, 5.74) is 7.56. The van der Waals surface area contributed by atoms with Gasteiger partial charge in [0.15, 0.2) is 5.82 Å². The van der Waals surface area contributed by atoms with Crippen molar-refractivity contribution in [1.82, 2.24) is 14.8 Å². The Balaban J connectivity index is 2.18. The highest BCUT2D eigenvalue weighted by molar-refractivity contribution is 5.91. The van der Waals surface area contributed by atoms with E-state index in [9.17, 15) is 4.79 Å². The lowest BCUT2D eigenvalue weighted by molar-refractivity contribution is 0.0601. The predicted octanol–water partition coefficient (Wildman–Crippen LogP) is 1.36. The first-order chi connectivity index (χ1) is 9.52. The molecule has 0 aliphatic carbocycles. The van der Waals surface area contributed by atoms with E-state index in [-0.39, 0.29) is 6.04 Å². The summed E-state index contributed by atoms with van der Waals surface area (Å²) < 4.78 is 6.48. The van der Waals surface area contributed by atoms with Gasteiger partial charge < -0.3 is 20.4 Å². The molecule has 0 fully saturated rings. The van der Waals surface area contributed by atoms with Gasteiger partial charge in [0, 0.05) is 7.05 Å². The Morgan fingerprint density at radius 1 is 1.50 bits per heavy atom. The minimum atomic E-state index is -0.412. The lowest BCUT2D eigenvalue weighted by Gasteiger charge is -2.16. The average Bonchev–Trinajstić information content (AvgIpc) is 2.86. The van der Waals surface area contributed by atoms with E-state index in [0.29, 0.717) is 11.3 Å². The molecule has 1 heterocycles. The van der Waals surface area contributed by atoms with E-state index in [2.05, 4.69) is 20.3 Å². The molecule has 1 aromatic carbocycles. The highest BCUT2D eigenvalue weighted by Crippen LogP contribution is 2.24. The van der Waals surface area contributed by atoms with Crippen LogP contribution in [-0.4, -0.2) is 27.8 Å². The van der Waals surface area contributed by atoms with Crippen LogP contribution in [-0.2, 0) is 11.8 Å². The fourth-order valence-electron chi connectivity index (χ4n) is 1.92. The van der Waals surface area contributed by atoms with Crippen molar-refractivity contribution in [2.75, 3.05) is 18.2 Å². The third kappa shape index (κ3) is 2.71. The Morgan fingerprint density at radius 3 is 2.80 bits per heavy atom. The Morgan fingerprint density at radius 2 is 2.25 bits per heavy atom. The molecule has 7 heteroatoms. The van der Waals surface area contributed by atoms with Gasteiger partial charge in [-0.05, 0) is 25.1 Å². The topological polar surface area (TPSA) is 95.1 Å². The summed E-state index contributed by atoms with van der Waals surface area (Å²) in [5, 5.41) is 11.1. The van der Waals surface area contributed by atoms with E-state index in [1.54, 1.807) is 24.5 Å². The smallest absolute Gasteiger partial charge is 0.337 e. The van der Waals surface area contributed by atoms with Crippen LogP contribution in [0.4, 0.5) is 11.4 Å². The standard InChI is InChI=1S/C13H17N5O2/c1-8(12-17-15-7-18(12)2)16-11-5-4-9(6-10(11)14)13(19)20-3/h4-8,16H,14H2,1-3H3. The van der Waals surface area contributed by atoms with Gasteiger partial charge in [-0.2, -0.15) is 0 Å². The molecular weight excluding hydrogens is 258 g/mol. The SMILES string of the molecule is COC(=O)c1ccc(NC(C)c2nncn2C)c(N)c1. The molecule has 0 aliphatic rings. The normalized spacial score (nSPS) is 11.9. The van der Waals surface area contributed by atoms with Crippen molar-refractivity contribution in [1.29, 1.82) is 0 Å². The van der Waals surface area contributed by atoms with Crippen LogP contribution in [0.1, 0.15) is 29.1 Å². The number of hydrogen-bond donors (Lipinski definition) is 2. The monoisotopic (exact) mass is 275 g/mol. The number of methoxy groups -OCH3 is 1. The summed E-state index contributed by atoms with van der Waals surface area (Å²) >= 11 is 0. The van der Waals surface area contributed by atoms with Gasteiger partial charge in [-0.1, -0.05) is 0 Å². The highest BCUT2D eigenvalue weighted by atomic mass is 16.5. The third-order valence-electron chi connectivity index (χ3n) is 2.98. The van der Waals surface area contributed by atoms with Crippen molar-refractivity contribution in [2.24, 2.45) is 7.05 Å². The number of ether oxygens (including phenoxy) is 1. The third-order valence-corrected chi connectivity index (χ3v) is 2.98. The molecule has 3 N–H and O–H groups in total. The minimum absolute atomic E-state index is 0.0613. The Bertz CT molecular complexity index is 623. The van der Waals surface area contributed by atoms with Crippen molar-refractivity contribution >= 4 is 17.3 Å². The van der Waals surface area contributed by atoms with E-state index in [0.717, 1.165) is 11.5 Å². The molecule has 0 spiro atoms. The van der Waals surface area contributed by atoms with Gasteiger partial charge in [-0.15, -0.1) is 10.2 Å². The van der Waals surface area contributed by atoms with Crippen LogP contribution in [0, 0.1) is 0 Å². The first kappa shape index (κ1) is 13.9. The molecule has 2 aromatic rings. The van der Waals surface area contributed by atoms with Crippen LogP contribution in [0.5, 0.6) is 0 Å². The van der Waals surface area contributed by atoms with Crippen LogP contribution in [0.15, 0.2) is 24.5 Å². The number of benzene rings is 1. The molecule has 0 saturated carbocycles. The van der Waals surface area contributed by atoms with Crippen LogP contribution in [0.3, 0.4) is 0 Å². The number of nitrogens with two attached hydrogens (primary N) is 1. The number of nitrogens with one attached hydrogen (secondary N) is 1. The summed E-state index contributed by atoms with van der Waals surface area (Å²) in [5.74, 6) is 0.381. The van der Waals surface area contributed by atoms with Crippen molar-refractivity contribution in [2.45, 2.75) is 13.0 Å². The number of anilines is 2. The first-order valence-electron chi connectivity index (χ1n) is 6.11. The second kappa shape index (κ2) is 5.60. The molecule has 0 saturated heterocycles. The molecule has 1 unspecified atom stereocenters. The lowest BCUT2D eigenvalue weighted by Crippen LogP contribution is -2.13. The maximum atomic E-state index is 11.4. The van der Waals surface area contributed by atoms with Crippen molar-refractivity contribution in [3.63, 3.8) is 0 Å². The zero-order valence-electron chi connectivity index (χ0n) is 11.6. The number of aryl methyl sites for hydroxylation is 1. The van der Waals surface area contributed by atoms with Crippen LogP contribution >= 0.6 is 0 Å². The number of esters is 1. The molecule has 0 bridgehead atoms. The summed E-state index contributed by atoms with van der Waals surface area (Å²) in [6.45, 7) is 1.96. The fourth-order valence-corrected chi connectivity index (χ4v) is 1.92. The summed E-state index contributed by atoms with van der Waals surface area (Å²) in [4.78, 5) is 11.4. The first-order valence-corrected chi connectivity index (χ1v) is 6.11. The van der Waals surface area contributed by atoms with Crippen molar-refractivity contribution < 1.29 is 9.53 Å². The lowest BCUT2D eigenvalue weighted by atomic mass is 10.1. The Labute approximate surface area is 116 Å². The predicted molar refractivity (Wildman–Crippen MR) is 75.2 cm³/mol. The van der Waals surface area contributed by atoms with Gasteiger partial charge in [0.1, 0.15) is 6.33 Å². The second-order valence-electron chi connectivity index (χ2n) is 4.46. The maximum Gasteiger partial charge on any atom is 0.337 e. The molecule has 106 valence electrons. The van der Waals surface area contributed by atoms with Gasteiger partial charge in [0.2, 0.25) is 0 Å². The molecule has 1 aromatic heterocycles. The Kier molecular flexibility index (Phi) is 3.88. The highest BCUT2D eigenvalue weighted by Gasteiger charge is 2.13. The van der Waals surface area contributed by atoms with E-state index < -0.39 is 5.97 Å². The van der Waals surface area contributed by atoms with E-state index in [1.807, 2.05) is 18.5 Å². The number of nitrogen functional groups attached to an aromatic ring is 1. The molecule has 0 amide bonds. The molecule has 0 radical (unpaired) electrons. The molecule has 20 heavy (non-hydrogen) atoms. The van der Waals surface area contributed by atoms with Gasteiger partial charge in [-0.3, -0.25) is 0 Å². The van der Waals surface area contributed by atoms with Crippen molar-refractivity contribution in [3.05, 3.63) is 35.9 Å². The molecule has 2 rings (SSSR count). The number of nitrogens with zero attached hydrogens (tertiary/aromatic N) is 3. The molecule has 0 aliphatic heterocycles. The number of rotatable bonds is 4. The summed E-state index contributed by atoms with van der Waals surface area (Å²) in [7, 11) is 3.21. The quantitative estimate of drug-likeness (QED) is 0.646. The average molecular weight is 275 g/mol. The van der Waals surface area contributed by atoms with E-state index in [1.165, 1.54) is 7.11 Å². The molecule has 7 nitrogen and oxygen atoms in total. The molecule has 1 atom stereocenters. The zero-order chi connectivity index (χ0) is 14.7. The van der Waals surface area contributed by atoms with Crippen LogP contribution in [0.25, 0.3) is 0 Å². The number of aromatic nitrogens is 3. The van der Waals surface area contributed by atoms with E-state index >= 15 is 0 Å². The molecular formula is C13H17N5O2. The summed E-state index contributed by atoms with van der Waals surface area (Å²) in [6.07, 6.45) is 1.64. The minimum Gasteiger partial charge on any atom is -0.465 e. The summed E-state index contributed by atoms with van der Waals surface area (Å²) in [6, 6.07) is 4.92. The van der Waals surface area contributed by atoms with Gasteiger partial charge in [-0.25, -0.2) is 4.79 Å². The second-order valence-corrected chi connectivity index (χ2v) is 4.46. The Hall–Kier alpha value is -2.57. The zero-order valence-corrected chi connectivity index (χ0v) is 11.6. The fraction of sp³-hybridized carbons (Fsp3) is 0.308. The van der Waals surface area contributed by atoms with Crippen LogP contribution < -0.4 is 11.1 Å². The maximum absolute atomic E-state index is 11.4. The number of carbonyl (C=O) groups is 1.